The zero-order chi connectivity index (χ0) is 13.1. The SMILES string of the molecule is Cc1cc(C)cc(C(Cc2sccc2Br)NN)c1. The highest BCUT2D eigenvalue weighted by Gasteiger charge is 2.14. The largest absolute Gasteiger partial charge is 0.271 e. The van der Waals surface area contributed by atoms with Gasteiger partial charge in [-0.15, -0.1) is 11.3 Å². The first kappa shape index (κ1) is 13.7. The van der Waals surface area contributed by atoms with Crippen molar-refractivity contribution in [1.82, 2.24) is 5.43 Å². The van der Waals surface area contributed by atoms with E-state index in [2.05, 4.69) is 64.8 Å². The Morgan fingerprint density at radius 1 is 1.28 bits per heavy atom. The minimum atomic E-state index is 0.151. The number of hydrazine groups is 1. The van der Waals surface area contributed by atoms with E-state index in [1.807, 2.05) is 0 Å². The maximum atomic E-state index is 5.71. The van der Waals surface area contributed by atoms with Gasteiger partial charge < -0.3 is 0 Å². The van der Waals surface area contributed by atoms with Crippen molar-refractivity contribution in [2.45, 2.75) is 26.3 Å². The third kappa shape index (κ3) is 3.20. The summed E-state index contributed by atoms with van der Waals surface area (Å²) in [5.41, 5.74) is 6.72. The van der Waals surface area contributed by atoms with Gasteiger partial charge in [0.15, 0.2) is 0 Å². The van der Waals surface area contributed by atoms with Crippen LogP contribution >= 0.6 is 27.3 Å². The van der Waals surface area contributed by atoms with Crippen molar-refractivity contribution in [3.05, 3.63) is 55.7 Å². The summed E-state index contributed by atoms with van der Waals surface area (Å²) in [7, 11) is 0. The van der Waals surface area contributed by atoms with E-state index in [-0.39, 0.29) is 6.04 Å². The third-order valence-electron chi connectivity index (χ3n) is 2.93. The van der Waals surface area contributed by atoms with Crippen LogP contribution in [-0.2, 0) is 6.42 Å². The predicted molar refractivity (Wildman–Crippen MR) is 81.7 cm³/mol. The fraction of sp³-hybridized carbons (Fsp3) is 0.286. The fourth-order valence-corrected chi connectivity index (χ4v) is 3.70. The van der Waals surface area contributed by atoms with Crippen molar-refractivity contribution in [2.24, 2.45) is 5.84 Å². The molecule has 96 valence electrons. The van der Waals surface area contributed by atoms with E-state index < -0.39 is 0 Å². The summed E-state index contributed by atoms with van der Waals surface area (Å²) in [5.74, 6) is 5.71. The van der Waals surface area contributed by atoms with Crippen LogP contribution in [0.4, 0.5) is 0 Å². The first-order valence-corrected chi connectivity index (χ1v) is 7.53. The number of rotatable bonds is 4. The van der Waals surface area contributed by atoms with E-state index in [0.717, 1.165) is 10.9 Å². The molecule has 2 rings (SSSR count). The van der Waals surface area contributed by atoms with Gasteiger partial charge in [-0.2, -0.15) is 0 Å². The minimum absolute atomic E-state index is 0.151. The number of nitrogens with two attached hydrogens (primary N) is 1. The highest BCUT2D eigenvalue weighted by Crippen LogP contribution is 2.28. The Morgan fingerprint density at radius 2 is 1.94 bits per heavy atom. The summed E-state index contributed by atoms with van der Waals surface area (Å²) in [6, 6.07) is 8.80. The Hall–Kier alpha value is -0.680. The number of benzene rings is 1. The monoisotopic (exact) mass is 324 g/mol. The molecule has 0 aliphatic heterocycles. The van der Waals surface area contributed by atoms with Crippen LogP contribution in [-0.4, -0.2) is 0 Å². The summed E-state index contributed by atoms with van der Waals surface area (Å²) >= 11 is 5.32. The third-order valence-corrected chi connectivity index (χ3v) is 4.88. The Kier molecular flexibility index (Phi) is 4.56. The van der Waals surface area contributed by atoms with Gasteiger partial charge in [0.05, 0.1) is 6.04 Å². The molecule has 0 saturated carbocycles. The number of aryl methyl sites for hydroxylation is 2. The number of thiophene rings is 1. The van der Waals surface area contributed by atoms with E-state index >= 15 is 0 Å². The van der Waals surface area contributed by atoms with Crippen LogP contribution in [0.15, 0.2) is 34.1 Å². The van der Waals surface area contributed by atoms with Crippen molar-refractivity contribution in [3.63, 3.8) is 0 Å². The molecule has 2 nitrogen and oxygen atoms in total. The summed E-state index contributed by atoms with van der Waals surface area (Å²) in [6.45, 7) is 4.23. The topological polar surface area (TPSA) is 38.0 Å². The molecule has 0 aliphatic rings. The molecule has 0 saturated heterocycles. The number of halogens is 1. The van der Waals surface area contributed by atoms with Crippen molar-refractivity contribution in [3.8, 4) is 0 Å². The Labute approximate surface area is 120 Å². The van der Waals surface area contributed by atoms with Crippen LogP contribution in [0.25, 0.3) is 0 Å². The van der Waals surface area contributed by atoms with Gasteiger partial charge in [0.2, 0.25) is 0 Å². The van der Waals surface area contributed by atoms with Crippen molar-refractivity contribution >= 4 is 27.3 Å². The van der Waals surface area contributed by atoms with Gasteiger partial charge in [-0.3, -0.25) is 11.3 Å². The molecular formula is C14H17BrN2S. The van der Waals surface area contributed by atoms with Crippen molar-refractivity contribution in [1.29, 1.82) is 0 Å². The fourth-order valence-electron chi connectivity index (χ4n) is 2.14. The second-order valence-electron chi connectivity index (χ2n) is 4.54. The van der Waals surface area contributed by atoms with Crippen LogP contribution in [0.3, 0.4) is 0 Å². The summed E-state index contributed by atoms with van der Waals surface area (Å²) in [5, 5.41) is 2.09. The molecule has 1 aromatic heterocycles. The minimum Gasteiger partial charge on any atom is -0.271 e. The first-order valence-electron chi connectivity index (χ1n) is 5.86. The zero-order valence-electron chi connectivity index (χ0n) is 10.5. The van der Waals surface area contributed by atoms with Gasteiger partial charge in [-0.1, -0.05) is 29.3 Å². The van der Waals surface area contributed by atoms with E-state index in [4.69, 9.17) is 5.84 Å². The summed E-state index contributed by atoms with van der Waals surface area (Å²) in [6.07, 6.45) is 0.900. The maximum Gasteiger partial charge on any atom is 0.0508 e. The Morgan fingerprint density at radius 3 is 2.44 bits per heavy atom. The first-order chi connectivity index (χ1) is 8.60. The normalized spacial score (nSPS) is 12.7. The lowest BCUT2D eigenvalue weighted by molar-refractivity contribution is 0.554. The molecule has 18 heavy (non-hydrogen) atoms. The second-order valence-corrected chi connectivity index (χ2v) is 6.39. The van der Waals surface area contributed by atoms with Crippen LogP contribution in [0.2, 0.25) is 0 Å². The van der Waals surface area contributed by atoms with Gasteiger partial charge in [0, 0.05) is 15.8 Å². The van der Waals surface area contributed by atoms with Gasteiger partial charge in [-0.25, -0.2) is 0 Å². The molecular weight excluding hydrogens is 308 g/mol. The number of nitrogens with one attached hydrogen (secondary N) is 1. The van der Waals surface area contributed by atoms with E-state index in [9.17, 15) is 0 Å². The lowest BCUT2D eigenvalue weighted by Crippen LogP contribution is -2.29. The lowest BCUT2D eigenvalue weighted by atomic mass is 9.99. The maximum absolute atomic E-state index is 5.71. The molecule has 1 unspecified atom stereocenters. The molecule has 0 amide bonds. The van der Waals surface area contributed by atoms with Crippen molar-refractivity contribution in [2.75, 3.05) is 0 Å². The highest BCUT2D eigenvalue weighted by molar-refractivity contribution is 9.10. The standard InChI is InChI=1S/C14H17BrN2S/c1-9-5-10(2)7-11(6-9)13(17-16)8-14-12(15)3-4-18-14/h3-7,13,17H,8,16H2,1-2H3. The molecule has 1 aromatic carbocycles. The molecule has 4 heteroatoms. The molecule has 2 aromatic rings. The van der Waals surface area contributed by atoms with Crippen LogP contribution in [0.5, 0.6) is 0 Å². The van der Waals surface area contributed by atoms with E-state index in [0.29, 0.717) is 0 Å². The predicted octanol–water partition coefficient (Wildman–Crippen LogP) is 3.87. The molecule has 3 N–H and O–H groups in total. The van der Waals surface area contributed by atoms with E-state index in [1.165, 1.54) is 21.6 Å². The lowest BCUT2D eigenvalue weighted by Gasteiger charge is -2.17. The highest BCUT2D eigenvalue weighted by atomic mass is 79.9. The summed E-state index contributed by atoms with van der Waals surface area (Å²) < 4.78 is 1.16. The van der Waals surface area contributed by atoms with Gasteiger partial charge in [0.1, 0.15) is 0 Å². The quantitative estimate of drug-likeness (QED) is 0.661. The summed E-state index contributed by atoms with van der Waals surface area (Å²) in [4.78, 5) is 1.32. The van der Waals surface area contributed by atoms with Gasteiger partial charge in [-0.05, 0) is 46.8 Å². The van der Waals surface area contributed by atoms with Gasteiger partial charge in [0.25, 0.3) is 0 Å². The van der Waals surface area contributed by atoms with Crippen LogP contribution < -0.4 is 11.3 Å². The molecule has 0 aliphatic carbocycles. The molecule has 1 heterocycles. The Bertz CT molecular complexity index is 516. The van der Waals surface area contributed by atoms with Crippen LogP contribution in [0.1, 0.15) is 27.6 Å². The van der Waals surface area contributed by atoms with Crippen molar-refractivity contribution < 1.29 is 0 Å². The van der Waals surface area contributed by atoms with Crippen LogP contribution in [0, 0.1) is 13.8 Å². The molecule has 0 fully saturated rings. The molecule has 0 spiro atoms. The molecule has 1 atom stereocenters. The average molecular weight is 325 g/mol. The number of hydrogen-bond acceptors (Lipinski definition) is 3. The molecule has 0 bridgehead atoms. The van der Waals surface area contributed by atoms with Gasteiger partial charge >= 0.3 is 0 Å². The zero-order valence-corrected chi connectivity index (χ0v) is 12.9. The second kappa shape index (κ2) is 5.97. The Balaban J connectivity index is 2.25. The average Bonchev–Trinajstić information content (AvgIpc) is 2.70. The molecule has 0 radical (unpaired) electrons. The number of hydrogen-bond donors (Lipinski definition) is 2. The van der Waals surface area contributed by atoms with E-state index in [1.54, 1.807) is 11.3 Å². The smallest absolute Gasteiger partial charge is 0.0508 e.